The first-order valence-corrected chi connectivity index (χ1v) is 43.7. The topological polar surface area (TPSA) is 115 Å². The highest BCUT2D eigenvalue weighted by Crippen LogP contribution is 2.18. The van der Waals surface area contributed by atoms with Crippen molar-refractivity contribution in [1.29, 1.82) is 0 Å². The molecule has 0 amide bonds. The summed E-state index contributed by atoms with van der Waals surface area (Å²) in [6, 6.07) is 0. The van der Waals surface area contributed by atoms with Gasteiger partial charge in [0.2, 0.25) is 0 Å². The number of rotatable bonds is 74. The number of hydrogen-bond acceptors (Lipinski definition) is 11. The highest BCUT2D eigenvalue weighted by atomic mass is 16.6. The average Bonchev–Trinajstić information content (AvgIpc) is 1.18. The number of hydrogen-bond donors (Lipinski definition) is 0. The summed E-state index contributed by atoms with van der Waals surface area (Å²) in [4.78, 5) is 59.0. The van der Waals surface area contributed by atoms with Crippen LogP contribution in [0.3, 0.4) is 0 Å². The van der Waals surface area contributed by atoms with Gasteiger partial charge in [-0.15, -0.1) is 0 Å². The van der Waals surface area contributed by atoms with E-state index in [1.54, 1.807) is 0 Å². The van der Waals surface area contributed by atoms with Crippen LogP contribution in [0.4, 0.5) is 0 Å². The van der Waals surface area contributed by atoms with Gasteiger partial charge in [0.25, 0.3) is 0 Å². The van der Waals surface area contributed by atoms with Gasteiger partial charge in [0.1, 0.15) is 12.2 Å². The van der Waals surface area contributed by atoms with Crippen molar-refractivity contribution in [1.82, 2.24) is 14.7 Å². The minimum absolute atomic E-state index is 0.0543. The molecule has 606 valence electrons. The second-order valence-electron chi connectivity index (χ2n) is 28.9. The highest BCUT2D eigenvalue weighted by molar-refractivity contribution is 5.71. The Morgan fingerprint density at radius 3 is 0.944 bits per heavy atom. The van der Waals surface area contributed by atoms with Crippen LogP contribution < -0.4 is 0 Å². The molecule has 0 aromatic rings. The maximum atomic E-state index is 13.0. The van der Waals surface area contributed by atoms with E-state index >= 15 is 0 Å². The third-order valence-corrected chi connectivity index (χ3v) is 19.0. The molecule has 11 heteroatoms. The van der Waals surface area contributed by atoms with Crippen molar-refractivity contribution in [3.63, 3.8) is 0 Å². The van der Waals surface area contributed by atoms with Crippen LogP contribution in [0, 0.1) is 0 Å². The largest absolute Gasteiger partial charge is 0.466 e. The molecule has 107 heavy (non-hydrogen) atoms. The molecule has 0 radical (unpaired) electrons. The first kappa shape index (κ1) is 99.1. The quantitative estimate of drug-likeness (QED) is 0.0251. The van der Waals surface area contributed by atoms with Crippen LogP contribution in [0.15, 0.2) is 170 Å². The number of esters is 4. The second kappa shape index (κ2) is 81.1. The van der Waals surface area contributed by atoms with E-state index in [9.17, 15) is 19.2 Å². The van der Waals surface area contributed by atoms with E-state index in [-0.39, 0.29) is 36.1 Å². The molecule has 1 fully saturated rings. The Kier molecular flexibility index (Phi) is 75.2. The Morgan fingerprint density at radius 1 is 0.290 bits per heavy atom. The molecule has 0 aromatic carbocycles. The molecule has 1 heterocycles. The fraction of sp³-hybridized carbons (Fsp3) is 0.667. The lowest BCUT2D eigenvalue weighted by Gasteiger charge is -2.35. The van der Waals surface area contributed by atoms with Crippen LogP contribution in [0.25, 0.3) is 0 Å². The molecule has 0 aromatic heterocycles. The van der Waals surface area contributed by atoms with E-state index < -0.39 is 0 Å². The zero-order valence-corrected chi connectivity index (χ0v) is 69.2. The molecule has 2 atom stereocenters. The third kappa shape index (κ3) is 72.7. The molecule has 0 bridgehead atoms. The van der Waals surface area contributed by atoms with Crippen LogP contribution in [-0.4, -0.2) is 123 Å². The molecule has 1 rings (SSSR count). The first-order valence-electron chi connectivity index (χ1n) is 43.7. The maximum Gasteiger partial charge on any atom is 0.307 e. The summed E-state index contributed by atoms with van der Waals surface area (Å²) in [5.74, 6) is -0.512. The number of allylic oxidation sites excluding steroid dienone is 26. The van der Waals surface area contributed by atoms with E-state index in [1.165, 1.54) is 77.2 Å². The van der Waals surface area contributed by atoms with Crippen molar-refractivity contribution in [3.8, 4) is 0 Å². The number of ether oxygens (including phenoxy) is 4. The Bertz CT molecular complexity index is 2350. The van der Waals surface area contributed by atoms with Gasteiger partial charge in [-0.3, -0.25) is 19.2 Å². The average molecular weight is 1480 g/mol. The lowest BCUT2D eigenvalue weighted by atomic mass is 10.1. The molecule has 0 spiro atoms. The molecule has 2 unspecified atom stereocenters. The van der Waals surface area contributed by atoms with Gasteiger partial charge in [-0.1, -0.05) is 295 Å². The summed E-state index contributed by atoms with van der Waals surface area (Å²) >= 11 is 0. The van der Waals surface area contributed by atoms with Gasteiger partial charge in [0, 0.05) is 65.0 Å². The molecular formula is C96H159N3O8. The second-order valence-corrected chi connectivity index (χ2v) is 28.9. The van der Waals surface area contributed by atoms with Gasteiger partial charge in [-0.2, -0.15) is 0 Å². The van der Waals surface area contributed by atoms with Gasteiger partial charge in [-0.25, -0.2) is 0 Å². The van der Waals surface area contributed by atoms with E-state index in [1.807, 2.05) is 0 Å². The number of piperazine rings is 1. The first-order chi connectivity index (χ1) is 52.7. The van der Waals surface area contributed by atoms with E-state index in [2.05, 4.69) is 219 Å². The standard InChI is InChI=1S/C96H159N3O8/c1-6-11-15-19-21-23-25-27-29-31-33-35-37-39-41-47-53-59-67-76-95(102)106-91(72-63-17-13-8-3)74-65-57-51-45-43-49-55-61-69-89-104-93(100)78-83-98(81-71-82-99-87-85-97(80-10-5)86-88-99)84-79-94(101)105-90-70-62-56-50-44-46-52-58-66-75-92(73-64-18-14-9-4)107-96(103)77-68-60-54-48-42-40-38-36-34-32-30-28-26-24-22-20-16-12-7-2/h11-12,15-16,21-24,27-30,33-36,39-42,53-54,57-60,65-66,91-92H,6-10,13-14,17-20,25-26,31-32,37-38,43-52,55-56,61-64,67-90H2,1-5H3/b15-11-,16-12-,23-21-,24-22-,29-27-,30-28-,35-33-,36-34-,41-39-,42-40-,59-53-,60-54-,65-57-,66-58-. The Balaban J connectivity index is 2.36. The minimum Gasteiger partial charge on any atom is -0.466 e. The smallest absolute Gasteiger partial charge is 0.307 e. The van der Waals surface area contributed by atoms with Crippen LogP contribution in [-0.2, 0) is 38.1 Å². The zero-order chi connectivity index (χ0) is 77.1. The monoisotopic (exact) mass is 1480 g/mol. The fourth-order valence-electron chi connectivity index (χ4n) is 12.5. The van der Waals surface area contributed by atoms with Crippen molar-refractivity contribution in [2.45, 2.75) is 342 Å². The summed E-state index contributed by atoms with van der Waals surface area (Å²) in [5.41, 5.74) is 0. The predicted molar refractivity (Wildman–Crippen MR) is 460 cm³/mol. The molecular weight excluding hydrogens is 1320 g/mol. The van der Waals surface area contributed by atoms with E-state index in [0.717, 1.165) is 225 Å². The Labute approximate surface area is 657 Å². The normalized spacial score (nSPS) is 14.5. The Hall–Kier alpha value is -5.88. The third-order valence-electron chi connectivity index (χ3n) is 19.0. The van der Waals surface area contributed by atoms with Gasteiger partial charge in [0.15, 0.2) is 0 Å². The summed E-state index contributed by atoms with van der Waals surface area (Å²) in [6.45, 7) is 20.6. The fourth-order valence-corrected chi connectivity index (χ4v) is 12.5. The SMILES string of the molecule is CC/C=C\C/C=C\C/C=C\C/C=C\C/C=C\C/C=C\CCC(=O)OC(C/C=C\CCCCCCCCOC(=O)CCN(CCCN1CCN(CCC)CC1)CCC(=O)OCCCCCCCC/C=C\CC(CCCCCC)OC(=O)CC/C=C\C/C=C\C/C=C\C/C=C\C/C=C\C/C=C\CC)CCCCCC. The number of carbonyl (C=O) groups is 4. The summed E-state index contributed by atoms with van der Waals surface area (Å²) in [7, 11) is 0. The van der Waals surface area contributed by atoms with Crippen molar-refractivity contribution < 1.29 is 38.1 Å². The summed E-state index contributed by atoms with van der Waals surface area (Å²) < 4.78 is 23.4. The molecule has 11 nitrogen and oxygen atoms in total. The number of carbonyl (C=O) groups excluding carboxylic acids is 4. The van der Waals surface area contributed by atoms with Crippen molar-refractivity contribution in [2.24, 2.45) is 0 Å². The van der Waals surface area contributed by atoms with Crippen LogP contribution >= 0.6 is 0 Å². The van der Waals surface area contributed by atoms with Gasteiger partial charge >= 0.3 is 23.9 Å². The number of nitrogens with zero attached hydrogens (tertiary/aromatic N) is 3. The molecule has 1 aliphatic heterocycles. The van der Waals surface area contributed by atoms with Gasteiger partial charge in [-0.05, 0) is 187 Å². The van der Waals surface area contributed by atoms with E-state index in [0.29, 0.717) is 64.8 Å². The molecule has 0 saturated carbocycles. The highest BCUT2D eigenvalue weighted by Gasteiger charge is 2.19. The van der Waals surface area contributed by atoms with Crippen molar-refractivity contribution >= 4 is 23.9 Å². The minimum atomic E-state index is -0.160. The van der Waals surface area contributed by atoms with Gasteiger partial charge in [0.05, 0.1) is 26.1 Å². The predicted octanol–water partition coefficient (Wildman–Crippen LogP) is 25.6. The number of unbranched alkanes of at least 4 members (excludes halogenated alkanes) is 18. The Morgan fingerprint density at radius 2 is 0.598 bits per heavy atom. The van der Waals surface area contributed by atoms with Crippen molar-refractivity contribution in [3.05, 3.63) is 170 Å². The van der Waals surface area contributed by atoms with Crippen molar-refractivity contribution in [2.75, 3.05) is 72.1 Å². The molecule has 1 aliphatic rings. The zero-order valence-electron chi connectivity index (χ0n) is 69.2. The summed E-state index contributed by atoms with van der Waals surface area (Å²) in [6.07, 6.45) is 106. The lowest BCUT2D eigenvalue weighted by Crippen LogP contribution is -2.47. The van der Waals surface area contributed by atoms with Crippen LogP contribution in [0.5, 0.6) is 0 Å². The molecule has 0 N–H and O–H groups in total. The van der Waals surface area contributed by atoms with Crippen LogP contribution in [0.2, 0.25) is 0 Å². The lowest BCUT2D eigenvalue weighted by molar-refractivity contribution is -0.150. The van der Waals surface area contributed by atoms with Crippen LogP contribution in [0.1, 0.15) is 330 Å². The molecule has 1 saturated heterocycles. The summed E-state index contributed by atoms with van der Waals surface area (Å²) in [5, 5.41) is 0. The maximum absolute atomic E-state index is 13.0. The van der Waals surface area contributed by atoms with E-state index in [4.69, 9.17) is 18.9 Å². The van der Waals surface area contributed by atoms with Gasteiger partial charge < -0.3 is 33.6 Å². The molecule has 0 aliphatic carbocycles.